The number of hydrogen-bond donors (Lipinski definition) is 1. The van der Waals surface area contributed by atoms with Crippen LogP contribution >= 0.6 is 0 Å². The maximum Gasteiger partial charge on any atom is 0.409 e. The zero-order valence-electron chi connectivity index (χ0n) is 14.2. The fraction of sp³-hybridized carbons (Fsp3) is 0.529. The lowest BCUT2D eigenvalue weighted by Crippen LogP contribution is -2.50. The Hall–Kier alpha value is -2.28. The molecule has 2 rings (SSSR count). The molecule has 1 aromatic rings. The highest BCUT2D eigenvalue weighted by Crippen LogP contribution is 2.10. The van der Waals surface area contributed by atoms with Crippen molar-refractivity contribution >= 4 is 12.0 Å². The van der Waals surface area contributed by atoms with Gasteiger partial charge in [0.05, 0.1) is 7.11 Å². The van der Waals surface area contributed by atoms with Gasteiger partial charge in [0.2, 0.25) is 0 Å². The molecule has 1 heterocycles. The van der Waals surface area contributed by atoms with Gasteiger partial charge in [-0.05, 0) is 19.1 Å². The van der Waals surface area contributed by atoms with E-state index in [1.54, 1.807) is 11.8 Å². The number of para-hydroxylation sites is 1. The first-order chi connectivity index (χ1) is 11.6. The molecular weight excluding hydrogens is 310 g/mol. The van der Waals surface area contributed by atoms with Crippen LogP contribution in [0.25, 0.3) is 0 Å². The first-order valence-electron chi connectivity index (χ1n) is 8.15. The minimum absolute atomic E-state index is 0.132. The lowest BCUT2D eigenvalue weighted by Gasteiger charge is -2.33. The van der Waals surface area contributed by atoms with E-state index in [-0.39, 0.29) is 12.0 Å². The number of ether oxygens (including phenoxy) is 2. The second kappa shape index (κ2) is 9.12. The lowest BCUT2D eigenvalue weighted by atomic mass is 10.3. The van der Waals surface area contributed by atoms with Crippen molar-refractivity contribution in [2.24, 2.45) is 0 Å². The third kappa shape index (κ3) is 5.42. The fourth-order valence-corrected chi connectivity index (χ4v) is 2.52. The Bertz CT molecular complexity index is 530. The number of benzene rings is 1. The van der Waals surface area contributed by atoms with Crippen molar-refractivity contribution in [3.05, 3.63) is 30.3 Å². The Labute approximate surface area is 142 Å². The number of piperazine rings is 1. The van der Waals surface area contributed by atoms with Gasteiger partial charge in [-0.2, -0.15) is 0 Å². The van der Waals surface area contributed by atoms with E-state index in [1.165, 1.54) is 7.11 Å². The van der Waals surface area contributed by atoms with Crippen molar-refractivity contribution in [1.29, 1.82) is 0 Å². The molecule has 1 fully saturated rings. The summed E-state index contributed by atoms with van der Waals surface area (Å²) in [6, 6.07) is 9.29. The quantitative estimate of drug-likeness (QED) is 0.838. The Morgan fingerprint density at radius 2 is 1.83 bits per heavy atom. The minimum atomic E-state index is -0.538. The van der Waals surface area contributed by atoms with Gasteiger partial charge in [-0.15, -0.1) is 0 Å². The first kappa shape index (κ1) is 18.1. The van der Waals surface area contributed by atoms with Crippen LogP contribution in [0.4, 0.5) is 4.79 Å². The second-order valence-corrected chi connectivity index (χ2v) is 5.66. The minimum Gasteiger partial charge on any atom is -0.481 e. The van der Waals surface area contributed by atoms with Crippen molar-refractivity contribution in [3.63, 3.8) is 0 Å². The summed E-state index contributed by atoms with van der Waals surface area (Å²) >= 11 is 0. The number of amides is 2. The van der Waals surface area contributed by atoms with Gasteiger partial charge in [0.25, 0.3) is 5.91 Å². The predicted molar refractivity (Wildman–Crippen MR) is 90.0 cm³/mol. The molecule has 24 heavy (non-hydrogen) atoms. The summed E-state index contributed by atoms with van der Waals surface area (Å²) in [5, 5.41) is 2.88. The first-order valence-corrected chi connectivity index (χ1v) is 8.15. The monoisotopic (exact) mass is 335 g/mol. The highest BCUT2D eigenvalue weighted by molar-refractivity contribution is 5.80. The van der Waals surface area contributed by atoms with Crippen LogP contribution in [0.2, 0.25) is 0 Å². The highest BCUT2D eigenvalue weighted by Gasteiger charge is 2.21. The van der Waals surface area contributed by atoms with E-state index in [0.717, 1.165) is 19.6 Å². The van der Waals surface area contributed by atoms with Gasteiger partial charge in [-0.1, -0.05) is 18.2 Å². The molecule has 1 aliphatic heterocycles. The number of nitrogens with one attached hydrogen (secondary N) is 1. The maximum absolute atomic E-state index is 12.0. The maximum atomic E-state index is 12.0. The Balaban J connectivity index is 1.63. The second-order valence-electron chi connectivity index (χ2n) is 5.66. The van der Waals surface area contributed by atoms with Crippen LogP contribution < -0.4 is 10.1 Å². The number of hydrogen-bond acceptors (Lipinski definition) is 5. The standard InChI is InChI=1S/C17H25N3O4/c1-14(24-15-6-4-3-5-7-15)16(21)18-8-9-19-10-12-20(13-11-19)17(22)23-2/h3-7,14H,8-13H2,1-2H3,(H,18,21). The van der Waals surface area contributed by atoms with E-state index < -0.39 is 6.10 Å². The Morgan fingerprint density at radius 1 is 1.17 bits per heavy atom. The van der Waals surface area contributed by atoms with Crippen molar-refractivity contribution in [3.8, 4) is 5.75 Å². The fourth-order valence-electron chi connectivity index (χ4n) is 2.52. The zero-order valence-corrected chi connectivity index (χ0v) is 14.2. The Morgan fingerprint density at radius 3 is 2.46 bits per heavy atom. The summed E-state index contributed by atoms with van der Waals surface area (Å²) < 4.78 is 10.3. The molecule has 2 amide bonds. The average molecular weight is 335 g/mol. The smallest absolute Gasteiger partial charge is 0.409 e. The van der Waals surface area contributed by atoms with Gasteiger partial charge in [0, 0.05) is 39.3 Å². The van der Waals surface area contributed by atoms with Gasteiger partial charge in [0.15, 0.2) is 6.10 Å². The summed E-state index contributed by atoms with van der Waals surface area (Å²) in [5.74, 6) is 0.547. The molecule has 1 atom stereocenters. The van der Waals surface area contributed by atoms with E-state index in [0.29, 0.717) is 25.4 Å². The number of rotatable bonds is 6. The summed E-state index contributed by atoms with van der Waals surface area (Å²) in [7, 11) is 1.39. The highest BCUT2D eigenvalue weighted by atomic mass is 16.5. The van der Waals surface area contributed by atoms with Crippen molar-refractivity contribution < 1.29 is 19.1 Å². The van der Waals surface area contributed by atoms with E-state index >= 15 is 0 Å². The normalized spacial score (nSPS) is 16.3. The SMILES string of the molecule is COC(=O)N1CCN(CCNC(=O)C(C)Oc2ccccc2)CC1. The molecule has 0 aliphatic carbocycles. The van der Waals surface area contributed by atoms with Crippen molar-refractivity contribution in [2.75, 3.05) is 46.4 Å². The molecule has 0 bridgehead atoms. The number of methoxy groups -OCH3 is 1. The van der Waals surface area contributed by atoms with Gasteiger partial charge >= 0.3 is 6.09 Å². The summed E-state index contributed by atoms with van der Waals surface area (Å²) in [5.41, 5.74) is 0. The molecule has 1 saturated heterocycles. The van der Waals surface area contributed by atoms with Gasteiger partial charge < -0.3 is 19.7 Å². The third-order valence-corrected chi connectivity index (χ3v) is 3.96. The molecule has 132 valence electrons. The molecule has 0 spiro atoms. The van der Waals surface area contributed by atoms with Gasteiger partial charge in [-0.25, -0.2) is 4.79 Å². The molecule has 7 heteroatoms. The Kier molecular flexibility index (Phi) is 6.87. The molecule has 1 N–H and O–H groups in total. The molecular formula is C17H25N3O4. The lowest BCUT2D eigenvalue weighted by molar-refractivity contribution is -0.127. The molecule has 1 aromatic carbocycles. The molecule has 0 radical (unpaired) electrons. The largest absolute Gasteiger partial charge is 0.481 e. The van der Waals surface area contributed by atoms with E-state index in [2.05, 4.69) is 10.2 Å². The predicted octanol–water partition coefficient (Wildman–Crippen LogP) is 0.954. The average Bonchev–Trinajstić information content (AvgIpc) is 2.62. The third-order valence-electron chi connectivity index (χ3n) is 3.96. The van der Waals surface area contributed by atoms with Crippen LogP contribution in [-0.4, -0.2) is 74.3 Å². The number of carbonyl (C=O) groups is 2. The van der Waals surface area contributed by atoms with Crippen molar-refractivity contribution in [1.82, 2.24) is 15.1 Å². The van der Waals surface area contributed by atoms with Gasteiger partial charge in [0.1, 0.15) is 5.75 Å². The van der Waals surface area contributed by atoms with Crippen LogP contribution in [0.3, 0.4) is 0 Å². The number of nitrogens with zero attached hydrogens (tertiary/aromatic N) is 2. The topological polar surface area (TPSA) is 71.1 Å². The van der Waals surface area contributed by atoms with Crippen LogP contribution in [0.15, 0.2) is 30.3 Å². The number of carbonyl (C=O) groups excluding carboxylic acids is 2. The zero-order chi connectivity index (χ0) is 17.4. The van der Waals surface area contributed by atoms with E-state index in [4.69, 9.17) is 9.47 Å². The molecule has 1 unspecified atom stereocenters. The molecule has 0 saturated carbocycles. The summed E-state index contributed by atoms with van der Waals surface area (Å²) in [6.07, 6.45) is -0.821. The van der Waals surface area contributed by atoms with Crippen LogP contribution in [-0.2, 0) is 9.53 Å². The summed E-state index contributed by atoms with van der Waals surface area (Å²) in [6.45, 7) is 5.89. The van der Waals surface area contributed by atoms with Crippen LogP contribution in [0.1, 0.15) is 6.92 Å². The van der Waals surface area contributed by atoms with Crippen LogP contribution in [0.5, 0.6) is 5.75 Å². The molecule has 0 aromatic heterocycles. The molecule has 7 nitrogen and oxygen atoms in total. The van der Waals surface area contributed by atoms with E-state index in [9.17, 15) is 9.59 Å². The van der Waals surface area contributed by atoms with E-state index in [1.807, 2.05) is 30.3 Å². The van der Waals surface area contributed by atoms with Crippen molar-refractivity contribution in [2.45, 2.75) is 13.0 Å². The summed E-state index contributed by atoms with van der Waals surface area (Å²) in [4.78, 5) is 27.4. The van der Waals surface area contributed by atoms with Gasteiger partial charge in [-0.3, -0.25) is 9.69 Å². The molecule has 1 aliphatic rings. The van der Waals surface area contributed by atoms with Crippen LogP contribution in [0, 0.1) is 0 Å².